The number of hydrogen-bond acceptors (Lipinski definition) is 19. The molecular formula is C52H103N27O11S. The lowest BCUT2D eigenvalue weighted by atomic mass is 10.0. The molecule has 0 aromatic carbocycles. The van der Waals surface area contributed by atoms with Gasteiger partial charge in [0.05, 0.1) is 6.04 Å². The topological polar surface area (TPSA) is 713 Å². The minimum Gasteiger partial charge on any atom is -0.480 e. The van der Waals surface area contributed by atoms with Crippen LogP contribution < -0.4 is 123 Å². The minimum absolute atomic E-state index is 0.0140. The van der Waals surface area contributed by atoms with E-state index in [1.165, 1.54) is 11.8 Å². The smallest absolute Gasteiger partial charge is 0.326 e. The lowest BCUT2D eigenvalue weighted by Crippen LogP contribution is -2.60. The van der Waals surface area contributed by atoms with Crippen LogP contribution in [0, 0.1) is 0 Å². The molecule has 0 unspecified atom stereocenters. The number of unbranched alkanes of at least 4 members (excludes halogenated alkanes) is 2. The maximum atomic E-state index is 14.6. The van der Waals surface area contributed by atoms with E-state index in [0.29, 0.717) is 32.1 Å². The van der Waals surface area contributed by atoms with Gasteiger partial charge in [0, 0.05) is 39.1 Å². The average molecular weight is 1310 g/mol. The van der Waals surface area contributed by atoms with Gasteiger partial charge in [0.1, 0.15) is 48.3 Å². The molecule has 38 nitrogen and oxygen atoms in total. The van der Waals surface area contributed by atoms with Crippen molar-refractivity contribution >= 4 is 101 Å². The average Bonchev–Trinajstić information content (AvgIpc) is 2.54. The van der Waals surface area contributed by atoms with Gasteiger partial charge in [-0.25, -0.2) is 4.79 Å². The zero-order valence-electron chi connectivity index (χ0n) is 52.0. The Morgan fingerprint density at radius 1 is 0.341 bits per heavy atom. The molecule has 37 N–H and O–H groups in total. The summed E-state index contributed by atoms with van der Waals surface area (Å²) in [4.78, 5) is 157. The first-order chi connectivity index (χ1) is 43.1. The Hall–Kier alpha value is -8.72. The van der Waals surface area contributed by atoms with E-state index in [4.69, 9.17) is 80.3 Å². The van der Waals surface area contributed by atoms with Gasteiger partial charge in [0.15, 0.2) is 29.8 Å². The molecule has 0 aliphatic heterocycles. The Labute approximate surface area is 534 Å². The number of hydrogen-bond donors (Lipinski definition) is 23. The summed E-state index contributed by atoms with van der Waals surface area (Å²) in [5, 5.41) is 30.8. The normalized spacial score (nSPS) is 13.8. The molecule has 0 saturated carbocycles. The monoisotopic (exact) mass is 1310 g/mol. The summed E-state index contributed by atoms with van der Waals surface area (Å²) in [5.41, 5.74) is 77.9. The molecule has 9 atom stereocenters. The molecule has 0 aliphatic rings. The molecule has 0 aromatic heterocycles. The summed E-state index contributed by atoms with van der Waals surface area (Å²) in [6.07, 6.45) is 2.90. The first-order valence-electron chi connectivity index (χ1n) is 29.9. The molecule has 0 bridgehead atoms. The van der Waals surface area contributed by atoms with E-state index in [1.807, 2.05) is 0 Å². The lowest BCUT2D eigenvalue weighted by Gasteiger charge is -2.28. The number of nitrogens with one attached hydrogen (secondary N) is 8. The Kier molecular flexibility index (Phi) is 43.6. The first kappa shape index (κ1) is 82.3. The number of aliphatic imine (C=N–C) groups is 5. The SMILES string of the molecule is CSCC[C@H](NC(=O)[C@H](CCC(N)=O)NC(=O)[C@@H](CCCN=C(N)N)NC(=O)[C@H](CCCN=C(N)N)NC(=O)[C@H](CCCCN)NC(=O)[C@H](CCCCN)NC(=O)[C@H](N)CCCN=C(N)N)C(=O)N[C@@H](CCCN=C(N)N)C(=O)N[C@H](CCCN=C(N)N)C(=O)O. The predicted octanol–water partition coefficient (Wildman–Crippen LogP) is -9.18. The van der Waals surface area contributed by atoms with Crippen molar-refractivity contribution in [2.75, 3.05) is 57.8 Å². The number of aliphatic carboxylic acids is 1. The molecule has 91 heavy (non-hydrogen) atoms. The van der Waals surface area contributed by atoms with Crippen molar-refractivity contribution in [1.29, 1.82) is 0 Å². The number of carboxylic acids is 1. The third kappa shape index (κ3) is 39.8. The molecule has 0 radical (unpaired) electrons. The van der Waals surface area contributed by atoms with Crippen molar-refractivity contribution in [3.63, 3.8) is 0 Å². The molecule has 0 fully saturated rings. The first-order valence-corrected chi connectivity index (χ1v) is 31.3. The van der Waals surface area contributed by atoms with E-state index in [-0.39, 0.29) is 158 Å². The Morgan fingerprint density at radius 2 is 0.582 bits per heavy atom. The van der Waals surface area contributed by atoms with E-state index in [0.717, 1.165) is 0 Å². The van der Waals surface area contributed by atoms with Crippen LogP contribution in [0.5, 0.6) is 0 Å². The van der Waals surface area contributed by atoms with E-state index < -0.39 is 126 Å². The van der Waals surface area contributed by atoms with Crippen LogP contribution in [0.4, 0.5) is 0 Å². The fraction of sp³-hybridized carbons (Fsp3) is 0.712. The zero-order valence-corrected chi connectivity index (χ0v) is 52.9. The highest BCUT2D eigenvalue weighted by atomic mass is 32.2. The van der Waals surface area contributed by atoms with Gasteiger partial charge in [-0.15, -0.1) is 0 Å². The molecule has 39 heteroatoms. The van der Waals surface area contributed by atoms with Crippen molar-refractivity contribution < 1.29 is 53.1 Å². The third-order valence-corrected chi connectivity index (χ3v) is 14.0. The highest BCUT2D eigenvalue weighted by Gasteiger charge is 2.35. The van der Waals surface area contributed by atoms with Crippen LogP contribution in [0.2, 0.25) is 0 Å². The molecule has 9 amide bonds. The maximum absolute atomic E-state index is 14.6. The number of carbonyl (C=O) groups excluding carboxylic acids is 9. The van der Waals surface area contributed by atoms with E-state index in [1.54, 1.807) is 6.26 Å². The summed E-state index contributed by atoms with van der Waals surface area (Å²) in [5.74, 6) is -10.1. The maximum Gasteiger partial charge on any atom is 0.326 e. The van der Waals surface area contributed by atoms with Crippen LogP contribution in [0.15, 0.2) is 25.0 Å². The van der Waals surface area contributed by atoms with Gasteiger partial charge in [-0.1, -0.05) is 0 Å². The second kappa shape index (κ2) is 48.2. The number of carboxylic acid groups (broad SMARTS) is 1. The van der Waals surface area contributed by atoms with Crippen LogP contribution in [0.3, 0.4) is 0 Å². The summed E-state index contributed by atoms with van der Waals surface area (Å²) in [7, 11) is 0. The fourth-order valence-electron chi connectivity index (χ4n) is 8.50. The molecular weight excluding hydrogens is 1210 g/mol. The van der Waals surface area contributed by atoms with Gasteiger partial charge >= 0.3 is 5.97 Å². The third-order valence-electron chi connectivity index (χ3n) is 13.3. The number of amides is 9. The molecule has 0 aromatic rings. The number of carbonyl (C=O) groups is 10. The van der Waals surface area contributed by atoms with Gasteiger partial charge in [-0.3, -0.25) is 68.1 Å². The Balaban J connectivity index is 7.28. The van der Waals surface area contributed by atoms with Crippen molar-refractivity contribution in [1.82, 2.24) is 42.5 Å². The van der Waals surface area contributed by atoms with Crippen LogP contribution in [-0.4, -0.2) is 206 Å². The number of guanidine groups is 5. The van der Waals surface area contributed by atoms with Crippen molar-refractivity contribution in [3.05, 3.63) is 0 Å². The lowest BCUT2D eigenvalue weighted by molar-refractivity contribution is -0.142. The van der Waals surface area contributed by atoms with Crippen molar-refractivity contribution in [2.45, 2.75) is 176 Å². The van der Waals surface area contributed by atoms with Crippen LogP contribution in [0.25, 0.3) is 0 Å². The molecule has 0 rings (SSSR count). The largest absolute Gasteiger partial charge is 0.480 e. The highest BCUT2D eigenvalue weighted by Crippen LogP contribution is 2.12. The number of primary amides is 1. The molecule has 0 heterocycles. The van der Waals surface area contributed by atoms with E-state index in [9.17, 15) is 53.1 Å². The summed E-state index contributed by atoms with van der Waals surface area (Å²) < 4.78 is 0. The highest BCUT2D eigenvalue weighted by molar-refractivity contribution is 7.98. The Morgan fingerprint density at radius 3 is 0.846 bits per heavy atom. The number of thioether (sulfide) groups is 1. The van der Waals surface area contributed by atoms with Gasteiger partial charge in [0.25, 0.3) is 0 Å². The molecule has 0 saturated heterocycles. The van der Waals surface area contributed by atoms with Crippen LogP contribution in [-0.2, 0) is 47.9 Å². The fourth-order valence-corrected chi connectivity index (χ4v) is 8.97. The van der Waals surface area contributed by atoms with Gasteiger partial charge < -0.3 is 128 Å². The van der Waals surface area contributed by atoms with Gasteiger partial charge in [-0.2, -0.15) is 11.8 Å². The van der Waals surface area contributed by atoms with E-state index in [2.05, 4.69) is 67.5 Å². The quantitative estimate of drug-likeness (QED) is 0.0153. The van der Waals surface area contributed by atoms with Crippen LogP contribution in [0.1, 0.15) is 122 Å². The standard InChI is InChI=1S/C52H103N27O11S/c1-91-28-20-36(46(88)76-34(16-9-26-70-51(63)64)44(86)79-37(47(89)90)17-10-27-71-52(65)66)78-45(87)35(18-19-38(56)80)77-43(85)33(15-8-25-69-50(61)62)75-42(84)32(14-7-24-68-49(59)60)74-41(83)31(13-3-5-22-54)73-40(82)30(12-2-4-21-53)72-39(81)29(55)11-6-23-67-48(57)58/h29-37H,2-28,53-55H2,1H3,(H2,56,80)(H,72,81)(H,73,82)(H,74,83)(H,75,84)(H,76,88)(H,77,85)(H,78,87)(H,79,86)(H,89,90)(H4,57,58,67)(H4,59,60,68)(H4,61,62,69)(H4,63,64,70)(H4,65,66,71)/t29-,30+,31+,32+,33-,34+,35+,36+,37-/m1/s1. The number of nitrogens with two attached hydrogens (primary N) is 14. The molecule has 0 spiro atoms. The zero-order chi connectivity index (χ0) is 68.8. The number of rotatable bonds is 51. The predicted molar refractivity (Wildman–Crippen MR) is 348 cm³/mol. The molecule has 0 aliphatic carbocycles. The summed E-state index contributed by atoms with van der Waals surface area (Å²) >= 11 is 1.30. The summed E-state index contributed by atoms with van der Waals surface area (Å²) in [6.45, 7) is 0.731. The second-order valence-electron chi connectivity index (χ2n) is 21.0. The van der Waals surface area contributed by atoms with E-state index >= 15 is 0 Å². The molecule has 518 valence electrons. The van der Waals surface area contributed by atoms with Gasteiger partial charge in [-0.05, 0) is 141 Å². The van der Waals surface area contributed by atoms with Crippen molar-refractivity contribution in [3.8, 4) is 0 Å². The summed E-state index contributed by atoms with van der Waals surface area (Å²) in [6, 6.07) is -12.4. The van der Waals surface area contributed by atoms with Crippen molar-refractivity contribution in [2.24, 2.45) is 105 Å². The van der Waals surface area contributed by atoms with Gasteiger partial charge in [0.2, 0.25) is 53.2 Å². The van der Waals surface area contributed by atoms with Crippen LogP contribution >= 0.6 is 11.8 Å². The minimum atomic E-state index is -1.63. The number of nitrogens with zero attached hydrogens (tertiary/aromatic N) is 5. The second-order valence-corrected chi connectivity index (χ2v) is 22.0. The Bertz CT molecular complexity index is 2440.